The molecule has 20 heavy (non-hydrogen) atoms. The summed E-state index contributed by atoms with van der Waals surface area (Å²) < 4.78 is 0. The van der Waals surface area contributed by atoms with Crippen molar-refractivity contribution in [2.24, 2.45) is 0 Å². The van der Waals surface area contributed by atoms with Crippen LogP contribution in [0.1, 0.15) is 60.3 Å². The Labute approximate surface area is 126 Å². The molecule has 0 aliphatic carbocycles. The van der Waals surface area contributed by atoms with Gasteiger partial charge in [0, 0.05) is 17.6 Å². The molecule has 0 atom stereocenters. The molecule has 0 aromatic rings. The molecule has 0 amide bonds. The van der Waals surface area contributed by atoms with Crippen molar-refractivity contribution < 1.29 is 0 Å². The van der Waals surface area contributed by atoms with Gasteiger partial charge in [-0.1, -0.05) is 0 Å². The highest BCUT2D eigenvalue weighted by Gasteiger charge is 2.37. The molecule has 0 aromatic heterocycles. The highest BCUT2D eigenvalue weighted by atomic mass is 15.4. The fraction of sp³-hybridized carbons (Fsp3) is 1.00. The maximum absolute atomic E-state index is 2.73. The predicted octanol–water partition coefficient (Wildman–Crippen LogP) is 3.01. The van der Waals surface area contributed by atoms with E-state index in [1.807, 2.05) is 0 Å². The second kappa shape index (κ2) is 6.33. The third-order valence-corrected chi connectivity index (χ3v) is 4.89. The van der Waals surface area contributed by atoms with Gasteiger partial charge in [-0.3, -0.25) is 9.80 Å². The lowest BCUT2D eigenvalue weighted by atomic mass is 9.94. The minimum Gasteiger partial charge on any atom is -0.302 e. The molecule has 2 rings (SSSR count). The fourth-order valence-corrected chi connectivity index (χ4v) is 4.01. The molecule has 2 aliphatic heterocycles. The first kappa shape index (κ1) is 16.3. The predicted molar refractivity (Wildman–Crippen MR) is 87.0 cm³/mol. The Morgan fingerprint density at radius 2 is 1.20 bits per heavy atom. The molecule has 0 spiro atoms. The normalized spacial score (nSPS) is 23.1. The van der Waals surface area contributed by atoms with Gasteiger partial charge in [0.15, 0.2) is 0 Å². The summed E-state index contributed by atoms with van der Waals surface area (Å²) in [4.78, 5) is 8.02. The zero-order chi connectivity index (χ0) is 14.8. The molecule has 2 fully saturated rings. The van der Waals surface area contributed by atoms with E-state index < -0.39 is 0 Å². The minimum absolute atomic E-state index is 0.228. The van der Waals surface area contributed by atoms with Gasteiger partial charge in [0.25, 0.3) is 0 Å². The van der Waals surface area contributed by atoms with Crippen molar-refractivity contribution in [1.29, 1.82) is 0 Å². The smallest absolute Gasteiger partial charge is 0.0516 e. The van der Waals surface area contributed by atoms with Crippen molar-refractivity contribution in [3.8, 4) is 0 Å². The monoisotopic (exact) mass is 281 g/mol. The van der Waals surface area contributed by atoms with Crippen LogP contribution in [0.3, 0.4) is 0 Å². The van der Waals surface area contributed by atoms with Gasteiger partial charge < -0.3 is 4.90 Å². The highest BCUT2D eigenvalue weighted by Crippen LogP contribution is 2.28. The molecule has 2 aliphatic rings. The molecule has 3 nitrogen and oxygen atoms in total. The van der Waals surface area contributed by atoms with Gasteiger partial charge in [0.05, 0.1) is 6.67 Å². The Hall–Kier alpha value is -0.120. The summed E-state index contributed by atoms with van der Waals surface area (Å²) in [5, 5.41) is 0. The van der Waals surface area contributed by atoms with Crippen LogP contribution in [-0.2, 0) is 0 Å². The molecule has 118 valence electrons. The Morgan fingerprint density at radius 1 is 0.750 bits per heavy atom. The summed E-state index contributed by atoms with van der Waals surface area (Å²) in [6.07, 6.45) is 5.53. The number of likely N-dealkylation sites (tertiary alicyclic amines) is 2. The van der Waals surface area contributed by atoms with Crippen molar-refractivity contribution >= 4 is 0 Å². The Balaban J connectivity index is 2.02. The van der Waals surface area contributed by atoms with E-state index in [2.05, 4.69) is 49.3 Å². The van der Waals surface area contributed by atoms with Crippen LogP contribution in [0.15, 0.2) is 0 Å². The van der Waals surface area contributed by atoms with Crippen molar-refractivity contribution in [3.63, 3.8) is 0 Å². The third kappa shape index (κ3) is 4.19. The standard InChI is InChI=1S/C17H35N3/c1-16(2,3)20(15-19-12-8-9-13-19)17(4,5)14-18-10-6-7-11-18/h6-15H2,1-5H3. The first-order valence-electron chi connectivity index (χ1n) is 8.51. The van der Waals surface area contributed by atoms with Crippen LogP contribution in [0.2, 0.25) is 0 Å². The number of hydrogen-bond donors (Lipinski definition) is 0. The van der Waals surface area contributed by atoms with E-state index in [0.717, 1.165) is 6.67 Å². The van der Waals surface area contributed by atoms with E-state index in [4.69, 9.17) is 0 Å². The zero-order valence-corrected chi connectivity index (χ0v) is 14.4. The van der Waals surface area contributed by atoms with Crippen molar-refractivity contribution in [1.82, 2.24) is 14.7 Å². The average Bonchev–Trinajstić information content (AvgIpc) is 2.95. The van der Waals surface area contributed by atoms with Gasteiger partial charge in [-0.15, -0.1) is 0 Å². The van der Waals surface area contributed by atoms with Gasteiger partial charge >= 0.3 is 0 Å². The van der Waals surface area contributed by atoms with E-state index in [-0.39, 0.29) is 11.1 Å². The number of hydrogen-bond acceptors (Lipinski definition) is 3. The zero-order valence-electron chi connectivity index (χ0n) is 14.4. The summed E-state index contributed by atoms with van der Waals surface area (Å²) in [5.41, 5.74) is 0.469. The molecule has 0 saturated carbocycles. The molecule has 2 saturated heterocycles. The van der Waals surface area contributed by atoms with Crippen LogP contribution < -0.4 is 0 Å². The van der Waals surface area contributed by atoms with Crippen LogP contribution in [-0.4, -0.2) is 65.2 Å². The van der Waals surface area contributed by atoms with E-state index >= 15 is 0 Å². The maximum atomic E-state index is 2.73. The molecule has 0 N–H and O–H groups in total. The molecule has 0 bridgehead atoms. The summed E-state index contributed by atoms with van der Waals surface area (Å²) in [6.45, 7) is 19.5. The van der Waals surface area contributed by atoms with Crippen LogP contribution >= 0.6 is 0 Å². The Bertz CT molecular complexity index is 294. The first-order valence-corrected chi connectivity index (χ1v) is 8.51. The second-order valence-electron chi connectivity index (χ2n) is 8.36. The maximum Gasteiger partial charge on any atom is 0.0516 e. The van der Waals surface area contributed by atoms with Gasteiger partial charge in [-0.25, -0.2) is 0 Å². The van der Waals surface area contributed by atoms with Gasteiger partial charge in [0.1, 0.15) is 0 Å². The van der Waals surface area contributed by atoms with Crippen LogP contribution in [0.25, 0.3) is 0 Å². The summed E-state index contributed by atoms with van der Waals surface area (Å²) in [7, 11) is 0. The van der Waals surface area contributed by atoms with Crippen molar-refractivity contribution in [2.75, 3.05) is 39.4 Å². The molecule has 3 heteroatoms. The summed E-state index contributed by atoms with van der Waals surface area (Å²) in [5.74, 6) is 0. The second-order valence-corrected chi connectivity index (χ2v) is 8.36. The molecule has 2 heterocycles. The van der Waals surface area contributed by atoms with E-state index in [9.17, 15) is 0 Å². The van der Waals surface area contributed by atoms with Crippen LogP contribution in [0.5, 0.6) is 0 Å². The lowest BCUT2D eigenvalue weighted by molar-refractivity contribution is -0.0302. The lowest BCUT2D eigenvalue weighted by Crippen LogP contribution is -2.61. The number of nitrogens with zero attached hydrogens (tertiary/aromatic N) is 3. The van der Waals surface area contributed by atoms with Crippen LogP contribution in [0.4, 0.5) is 0 Å². The van der Waals surface area contributed by atoms with Gasteiger partial charge in [-0.2, -0.15) is 0 Å². The van der Waals surface area contributed by atoms with Gasteiger partial charge in [-0.05, 0) is 86.5 Å². The number of rotatable bonds is 5. The van der Waals surface area contributed by atoms with Crippen LogP contribution in [0, 0.1) is 0 Å². The van der Waals surface area contributed by atoms with E-state index in [0.29, 0.717) is 0 Å². The SMILES string of the molecule is CC(C)(C)N(CN1CCCC1)C(C)(C)CN1CCCC1. The highest BCUT2D eigenvalue weighted by molar-refractivity contribution is 4.93. The minimum atomic E-state index is 0.228. The molecule has 0 aromatic carbocycles. The molecule has 0 radical (unpaired) electrons. The quantitative estimate of drug-likeness (QED) is 0.767. The molecular weight excluding hydrogens is 246 g/mol. The Kier molecular flexibility index (Phi) is 5.14. The average molecular weight is 281 g/mol. The third-order valence-electron chi connectivity index (χ3n) is 4.89. The first-order chi connectivity index (χ1) is 9.29. The van der Waals surface area contributed by atoms with E-state index in [1.54, 1.807) is 0 Å². The summed E-state index contributed by atoms with van der Waals surface area (Å²) >= 11 is 0. The fourth-order valence-electron chi connectivity index (χ4n) is 4.01. The Morgan fingerprint density at radius 3 is 1.65 bits per heavy atom. The molecular formula is C17H35N3. The van der Waals surface area contributed by atoms with Gasteiger partial charge in [0.2, 0.25) is 0 Å². The summed E-state index contributed by atoms with van der Waals surface area (Å²) in [6, 6.07) is 0. The molecule has 0 unspecified atom stereocenters. The lowest BCUT2D eigenvalue weighted by Gasteiger charge is -2.50. The van der Waals surface area contributed by atoms with Crippen molar-refractivity contribution in [2.45, 2.75) is 71.4 Å². The topological polar surface area (TPSA) is 9.72 Å². The largest absolute Gasteiger partial charge is 0.302 e. The van der Waals surface area contributed by atoms with E-state index in [1.165, 1.54) is 58.4 Å². The van der Waals surface area contributed by atoms with Crippen molar-refractivity contribution in [3.05, 3.63) is 0 Å².